The van der Waals surface area contributed by atoms with E-state index in [1.165, 1.54) is 10.6 Å². The summed E-state index contributed by atoms with van der Waals surface area (Å²) >= 11 is 1.69. The summed E-state index contributed by atoms with van der Waals surface area (Å²) in [7, 11) is 0. The van der Waals surface area contributed by atoms with Gasteiger partial charge in [-0.15, -0.1) is 12.4 Å². The second-order valence-electron chi connectivity index (χ2n) is 4.36. The molecule has 0 unspecified atom stereocenters. The van der Waals surface area contributed by atoms with Gasteiger partial charge in [0.1, 0.15) is 5.82 Å². The highest BCUT2D eigenvalue weighted by Gasteiger charge is 2.16. The summed E-state index contributed by atoms with van der Waals surface area (Å²) in [5.41, 5.74) is 5.49. The molecule has 0 aliphatic carbocycles. The van der Waals surface area contributed by atoms with E-state index in [1.54, 1.807) is 11.3 Å². The minimum Gasteiger partial charge on any atom is -1.00 e. The van der Waals surface area contributed by atoms with E-state index in [2.05, 4.69) is 27.0 Å². The van der Waals surface area contributed by atoms with Gasteiger partial charge in [-0.25, -0.2) is 9.97 Å². The monoisotopic (exact) mass is 353 g/mol. The van der Waals surface area contributed by atoms with Crippen LogP contribution >= 0.6 is 23.7 Å². The molecule has 0 radical (unpaired) electrons. The highest BCUT2D eigenvalue weighted by atomic mass is 35.5. The van der Waals surface area contributed by atoms with Crippen molar-refractivity contribution in [3.05, 3.63) is 39.4 Å². The predicted molar refractivity (Wildman–Crippen MR) is 81.5 cm³/mol. The second kappa shape index (κ2) is 10.0. The maximum Gasteiger partial charge on any atom is 0.225 e. The van der Waals surface area contributed by atoms with E-state index >= 15 is 0 Å². The molecule has 2 heterocycles. The van der Waals surface area contributed by atoms with Crippen molar-refractivity contribution in [3.8, 4) is 0 Å². The van der Waals surface area contributed by atoms with Crippen molar-refractivity contribution in [3.63, 3.8) is 0 Å². The Morgan fingerprint density at radius 1 is 1.29 bits per heavy atom. The van der Waals surface area contributed by atoms with Gasteiger partial charge in [0.2, 0.25) is 5.51 Å². The molecule has 0 aliphatic rings. The van der Waals surface area contributed by atoms with Gasteiger partial charge in [0.05, 0.1) is 16.1 Å². The zero-order valence-electron chi connectivity index (χ0n) is 12.3. The van der Waals surface area contributed by atoms with Gasteiger partial charge in [0.25, 0.3) is 0 Å². The lowest BCUT2D eigenvalue weighted by Gasteiger charge is -2.02. The molecule has 0 fully saturated rings. The van der Waals surface area contributed by atoms with Crippen LogP contribution in [0.3, 0.4) is 0 Å². The van der Waals surface area contributed by atoms with Crippen LogP contribution in [0.25, 0.3) is 0 Å². The van der Waals surface area contributed by atoms with E-state index in [9.17, 15) is 0 Å². The van der Waals surface area contributed by atoms with Crippen molar-refractivity contribution in [2.75, 3.05) is 6.61 Å². The molecule has 5 nitrogen and oxygen atoms in total. The number of hydrogen-bond donors (Lipinski definition) is 1. The standard InChI is InChI=1S/C13H18N3OS.2ClH.H2O/c1-9-12(6-14-11(3)15-9)7-16-8-18-13(4-5-17)10(16)2;;;/h6,8,17H,4-5,7H2,1-3H3;2*1H;1H2/q+1;;;/p-1. The molecule has 0 saturated heterocycles. The lowest BCUT2D eigenvalue weighted by atomic mass is 10.2. The molecular formula is C13H21Cl2N3O2S. The maximum atomic E-state index is 9.00. The van der Waals surface area contributed by atoms with Gasteiger partial charge >= 0.3 is 0 Å². The minimum absolute atomic E-state index is 0. The average molecular weight is 354 g/mol. The van der Waals surface area contributed by atoms with Crippen molar-refractivity contribution in [1.82, 2.24) is 9.97 Å². The molecule has 3 N–H and O–H groups in total. The Morgan fingerprint density at radius 3 is 2.52 bits per heavy atom. The fourth-order valence-electron chi connectivity index (χ4n) is 1.90. The number of aliphatic hydroxyl groups is 1. The molecule has 0 atom stereocenters. The fraction of sp³-hybridized carbons (Fsp3) is 0.462. The van der Waals surface area contributed by atoms with Crippen LogP contribution in [-0.4, -0.2) is 27.2 Å². The summed E-state index contributed by atoms with van der Waals surface area (Å²) in [6.07, 6.45) is 2.63. The van der Waals surface area contributed by atoms with Gasteiger partial charge < -0.3 is 23.0 Å². The van der Waals surface area contributed by atoms with Crippen molar-refractivity contribution < 1.29 is 27.6 Å². The molecule has 0 saturated carbocycles. The number of thiazole rings is 1. The smallest absolute Gasteiger partial charge is 0.225 e. The molecular weight excluding hydrogens is 333 g/mol. The van der Waals surface area contributed by atoms with Crippen LogP contribution in [0.15, 0.2) is 11.7 Å². The maximum absolute atomic E-state index is 9.00. The lowest BCUT2D eigenvalue weighted by Crippen LogP contribution is -3.00. The van der Waals surface area contributed by atoms with E-state index in [0.29, 0.717) is 0 Å². The zero-order chi connectivity index (χ0) is 13.1. The van der Waals surface area contributed by atoms with Gasteiger partial charge in [-0.2, -0.15) is 4.57 Å². The molecule has 0 aromatic carbocycles. The Labute approximate surface area is 141 Å². The first kappa shape index (κ1) is 22.5. The first-order valence-electron chi connectivity index (χ1n) is 5.98. The highest BCUT2D eigenvalue weighted by Crippen LogP contribution is 2.12. The van der Waals surface area contributed by atoms with E-state index in [-0.39, 0.29) is 36.9 Å². The summed E-state index contributed by atoms with van der Waals surface area (Å²) in [5, 5.41) is 9.00. The second-order valence-corrected chi connectivity index (χ2v) is 5.30. The predicted octanol–water partition coefficient (Wildman–Crippen LogP) is -2.06. The van der Waals surface area contributed by atoms with Crippen LogP contribution < -0.4 is 17.0 Å². The first-order valence-corrected chi connectivity index (χ1v) is 6.86. The molecule has 2 aromatic heterocycles. The van der Waals surface area contributed by atoms with Crippen LogP contribution in [0.4, 0.5) is 0 Å². The van der Waals surface area contributed by atoms with Crippen molar-refractivity contribution in [2.24, 2.45) is 0 Å². The Hall–Kier alpha value is -0.790. The Bertz CT molecular complexity index is 564. The number of aromatic nitrogens is 3. The fourth-order valence-corrected chi connectivity index (χ4v) is 2.88. The highest BCUT2D eigenvalue weighted by molar-refractivity contribution is 7.09. The third kappa shape index (κ3) is 5.48. The first-order chi connectivity index (χ1) is 8.61. The summed E-state index contributed by atoms with van der Waals surface area (Å²) < 4.78 is 2.19. The number of hydrogen-bond acceptors (Lipinski definition) is 4. The summed E-state index contributed by atoms with van der Waals surface area (Å²) in [6.45, 7) is 7.00. The van der Waals surface area contributed by atoms with Crippen molar-refractivity contribution in [2.45, 2.75) is 33.7 Å². The number of halogens is 2. The van der Waals surface area contributed by atoms with Crippen molar-refractivity contribution in [1.29, 1.82) is 0 Å². The number of aryl methyl sites for hydroxylation is 2. The molecule has 0 amide bonds. The molecule has 0 spiro atoms. The summed E-state index contributed by atoms with van der Waals surface area (Å²) in [4.78, 5) is 9.87. The van der Waals surface area contributed by atoms with Gasteiger partial charge in [0.15, 0.2) is 12.2 Å². The zero-order valence-corrected chi connectivity index (χ0v) is 14.6. The Morgan fingerprint density at radius 2 is 1.95 bits per heavy atom. The molecule has 120 valence electrons. The third-order valence-electron chi connectivity index (χ3n) is 3.04. The molecule has 2 rings (SSSR count). The molecule has 8 heteroatoms. The number of nitrogens with zero attached hydrogens (tertiary/aromatic N) is 3. The van der Waals surface area contributed by atoms with Crippen LogP contribution in [0.2, 0.25) is 0 Å². The van der Waals surface area contributed by atoms with Gasteiger partial charge in [0, 0.05) is 26.1 Å². The lowest BCUT2D eigenvalue weighted by molar-refractivity contribution is -0.689. The third-order valence-corrected chi connectivity index (χ3v) is 4.18. The van der Waals surface area contributed by atoms with Gasteiger partial charge in [-0.05, 0) is 13.8 Å². The van der Waals surface area contributed by atoms with E-state index in [0.717, 1.165) is 30.0 Å². The number of rotatable bonds is 4. The molecule has 0 aliphatic heterocycles. The topological polar surface area (TPSA) is 81.4 Å². The normalized spacial score (nSPS) is 9.33. The van der Waals surface area contributed by atoms with Crippen molar-refractivity contribution >= 4 is 23.7 Å². The van der Waals surface area contributed by atoms with Crippen LogP contribution in [-0.2, 0) is 13.0 Å². The number of aliphatic hydroxyl groups excluding tert-OH is 1. The van der Waals surface area contributed by atoms with Crippen LogP contribution in [0, 0.1) is 20.8 Å². The minimum atomic E-state index is 0. The Kier molecular flexibility index (Phi) is 10.7. The Balaban J connectivity index is 0. The quantitative estimate of drug-likeness (QED) is 0.641. The van der Waals surface area contributed by atoms with E-state index in [4.69, 9.17) is 5.11 Å². The van der Waals surface area contributed by atoms with E-state index < -0.39 is 0 Å². The summed E-state index contributed by atoms with van der Waals surface area (Å²) in [5.74, 6) is 0.810. The SMILES string of the molecule is Cc1ncc(C[n+]2csc(CCO)c2C)c(C)n1.Cl.O.[Cl-]. The summed E-state index contributed by atoms with van der Waals surface area (Å²) in [6, 6.07) is 0. The van der Waals surface area contributed by atoms with E-state index in [1.807, 2.05) is 20.0 Å². The van der Waals surface area contributed by atoms with Gasteiger partial charge in [-0.1, -0.05) is 11.3 Å². The average Bonchev–Trinajstić information content (AvgIpc) is 2.66. The van der Waals surface area contributed by atoms with Crippen LogP contribution in [0.1, 0.15) is 27.7 Å². The molecule has 21 heavy (non-hydrogen) atoms. The molecule has 0 bridgehead atoms. The van der Waals surface area contributed by atoms with Gasteiger partial charge in [-0.3, -0.25) is 0 Å². The molecule has 2 aromatic rings. The van der Waals surface area contributed by atoms with Crippen LogP contribution in [0.5, 0.6) is 0 Å². The largest absolute Gasteiger partial charge is 1.00 e.